The van der Waals surface area contributed by atoms with E-state index in [9.17, 15) is 28.8 Å². The van der Waals surface area contributed by atoms with Crippen molar-refractivity contribution in [2.24, 2.45) is 5.92 Å². The molecule has 4 amide bonds. The smallest absolute Gasteiger partial charge is 0.287 e. The van der Waals surface area contributed by atoms with Crippen molar-refractivity contribution in [1.82, 2.24) is 30.2 Å². The summed E-state index contributed by atoms with van der Waals surface area (Å²) in [5.41, 5.74) is -0.821. The van der Waals surface area contributed by atoms with Gasteiger partial charge in [-0.05, 0) is 24.5 Å². The quantitative estimate of drug-likeness (QED) is 0.153. The first-order chi connectivity index (χ1) is 18.1. The number of hydrogen-bond acceptors (Lipinski definition) is 8. The Hall–Kier alpha value is -4.49. The fraction of sp³-hybridized carbons (Fsp3) is 0.458. The fourth-order valence-electron chi connectivity index (χ4n) is 3.53. The summed E-state index contributed by atoms with van der Waals surface area (Å²) in [5, 5.41) is 9.89. The van der Waals surface area contributed by atoms with Gasteiger partial charge >= 0.3 is 0 Å². The molecule has 38 heavy (non-hydrogen) atoms. The Balaban J connectivity index is 2.16. The summed E-state index contributed by atoms with van der Waals surface area (Å²) in [6, 6.07) is 1.53. The molecule has 0 unspecified atom stereocenters. The number of amides is 4. The van der Waals surface area contributed by atoms with Crippen molar-refractivity contribution in [2.45, 2.75) is 52.1 Å². The average Bonchev–Trinajstić information content (AvgIpc) is 3.34. The van der Waals surface area contributed by atoms with E-state index < -0.39 is 35.1 Å². The first-order valence-electron chi connectivity index (χ1n) is 12.2. The van der Waals surface area contributed by atoms with E-state index in [1.54, 1.807) is 0 Å². The third-order valence-corrected chi connectivity index (χ3v) is 6.00. The molecule has 0 aliphatic rings. The molecule has 206 valence electrons. The van der Waals surface area contributed by atoms with Crippen LogP contribution in [0.25, 0.3) is 0 Å². The van der Waals surface area contributed by atoms with E-state index >= 15 is 0 Å². The van der Waals surface area contributed by atoms with Crippen molar-refractivity contribution in [3.63, 3.8) is 0 Å². The first-order valence-corrected chi connectivity index (χ1v) is 12.2. The Labute approximate surface area is 219 Å². The van der Waals surface area contributed by atoms with Crippen LogP contribution in [0, 0.1) is 5.92 Å². The van der Waals surface area contributed by atoms with Crippen molar-refractivity contribution in [2.75, 3.05) is 24.8 Å². The van der Waals surface area contributed by atoms with Crippen LogP contribution in [0.1, 0.15) is 50.0 Å². The van der Waals surface area contributed by atoms with Crippen LogP contribution in [-0.2, 0) is 25.7 Å². The number of imidazole rings is 1. The molecule has 0 bridgehead atoms. The number of ketones is 1. The van der Waals surface area contributed by atoms with E-state index in [2.05, 4.69) is 26.3 Å². The van der Waals surface area contributed by atoms with Crippen molar-refractivity contribution in [3.8, 4) is 0 Å². The third kappa shape index (κ3) is 8.28. The number of nitrogens with one attached hydrogen (secondary N) is 4. The van der Waals surface area contributed by atoms with E-state index in [0.29, 0.717) is 12.5 Å². The normalized spacial score (nSPS) is 11.5. The minimum atomic E-state index is -1.30. The van der Waals surface area contributed by atoms with E-state index in [1.807, 2.05) is 13.8 Å². The van der Waals surface area contributed by atoms with E-state index in [-0.39, 0.29) is 36.7 Å². The number of aromatic nitrogens is 3. The van der Waals surface area contributed by atoms with Crippen LogP contribution in [0.15, 0.2) is 35.6 Å². The van der Waals surface area contributed by atoms with Crippen molar-refractivity contribution >= 4 is 35.1 Å². The summed E-state index contributed by atoms with van der Waals surface area (Å²) < 4.78 is 2.09. The molecule has 14 nitrogen and oxygen atoms in total. The molecule has 2 aromatic rings. The summed E-state index contributed by atoms with van der Waals surface area (Å²) in [6.07, 6.45) is 5.03. The molecule has 0 radical (unpaired) electrons. The number of Topliss-reactive ketones (excluding diaryl/α,β-unsaturated/α-hetero) is 1. The number of anilines is 1. The van der Waals surface area contributed by atoms with Gasteiger partial charge in [-0.2, -0.15) is 0 Å². The molecule has 0 saturated carbocycles. The summed E-state index contributed by atoms with van der Waals surface area (Å²) in [4.78, 5) is 78.2. The van der Waals surface area contributed by atoms with Crippen molar-refractivity contribution < 1.29 is 24.0 Å². The molecule has 2 rings (SSSR count). The zero-order valence-electron chi connectivity index (χ0n) is 21.7. The zero-order chi connectivity index (χ0) is 28.2. The second-order valence-corrected chi connectivity index (χ2v) is 8.58. The second kappa shape index (κ2) is 14.3. The standard InChI is InChI=1S/C24H34N8O6/c1-4-15(5-2)11-28-20(34)13-31-10-6-7-17(24(31)38)30-21(35)16(8-9-19(33)23(37)26-3)29-22(36)18-12-27-14-32(18)25/h6-7,10,12,14-16H,4-5,8-9,11,13,25H2,1-3H3,(H,26,37)(H,28,34)(H,29,36)(H,30,35)/t16-/m0/s1. The number of carbonyl (C=O) groups excluding carboxylic acids is 5. The lowest BCUT2D eigenvalue weighted by Crippen LogP contribution is -2.46. The molecule has 2 aromatic heterocycles. The minimum absolute atomic E-state index is 0.0538. The van der Waals surface area contributed by atoms with Crippen LogP contribution in [0.4, 0.5) is 5.69 Å². The molecule has 0 aliphatic heterocycles. The largest absolute Gasteiger partial charge is 0.354 e. The predicted molar refractivity (Wildman–Crippen MR) is 138 cm³/mol. The summed E-state index contributed by atoms with van der Waals surface area (Å²) in [7, 11) is 1.29. The first kappa shape index (κ1) is 29.7. The number of nitrogens with two attached hydrogens (primary N) is 1. The number of rotatable bonds is 14. The van der Waals surface area contributed by atoms with Gasteiger partial charge in [0.1, 0.15) is 30.3 Å². The Bertz CT molecular complexity index is 1220. The number of nitrogens with zero attached hydrogens (tertiary/aromatic N) is 3. The number of nitrogen functional groups attached to an aromatic ring is 1. The van der Waals surface area contributed by atoms with Gasteiger partial charge < -0.3 is 31.7 Å². The van der Waals surface area contributed by atoms with E-state index in [0.717, 1.165) is 22.1 Å². The van der Waals surface area contributed by atoms with Gasteiger partial charge in [-0.1, -0.05) is 26.7 Å². The highest BCUT2D eigenvalue weighted by Crippen LogP contribution is 2.07. The Morgan fingerprint density at radius 3 is 2.45 bits per heavy atom. The Morgan fingerprint density at radius 1 is 1.13 bits per heavy atom. The maximum Gasteiger partial charge on any atom is 0.287 e. The zero-order valence-corrected chi connectivity index (χ0v) is 21.7. The number of likely N-dealkylation sites (N-methyl/N-ethyl adjacent to an activating group) is 1. The van der Waals surface area contributed by atoms with Gasteiger partial charge in [-0.25, -0.2) is 9.66 Å². The van der Waals surface area contributed by atoms with Gasteiger partial charge in [-0.15, -0.1) is 0 Å². The summed E-state index contributed by atoms with van der Waals surface area (Å²) >= 11 is 0. The van der Waals surface area contributed by atoms with Gasteiger partial charge in [0.25, 0.3) is 17.4 Å². The van der Waals surface area contributed by atoms with Gasteiger partial charge in [0.2, 0.25) is 17.6 Å². The lowest BCUT2D eigenvalue weighted by molar-refractivity contribution is -0.137. The monoisotopic (exact) mass is 530 g/mol. The lowest BCUT2D eigenvalue weighted by atomic mass is 10.0. The molecule has 0 aliphatic carbocycles. The maximum absolute atomic E-state index is 13.1. The predicted octanol–water partition coefficient (Wildman–Crippen LogP) is -0.857. The Kier molecular flexibility index (Phi) is 11.2. The second-order valence-electron chi connectivity index (χ2n) is 8.58. The molecule has 1 atom stereocenters. The van der Waals surface area contributed by atoms with Gasteiger partial charge in [0, 0.05) is 26.2 Å². The maximum atomic E-state index is 13.1. The van der Waals surface area contributed by atoms with Crippen LogP contribution in [0.2, 0.25) is 0 Å². The SMILES string of the molecule is CCC(CC)CNC(=O)Cn1cccc(NC(=O)[C@H](CCC(=O)C(=O)NC)NC(=O)c2cncn2N)c1=O. The van der Waals surface area contributed by atoms with E-state index in [4.69, 9.17) is 5.84 Å². The van der Waals surface area contributed by atoms with E-state index in [1.165, 1.54) is 37.9 Å². The third-order valence-electron chi connectivity index (χ3n) is 6.00. The number of carbonyl (C=O) groups is 5. The molecular formula is C24H34N8O6. The highest BCUT2D eigenvalue weighted by atomic mass is 16.2. The highest BCUT2D eigenvalue weighted by Gasteiger charge is 2.26. The molecule has 0 fully saturated rings. The molecule has 0 saturated heterocycles. The van der Waals surface area contributed by atoms with Crippen LogP contribution < -0.4 is 32.7 Å². The molecule has 6 N–H and O–H groups in total. The topological polar surface area (TPSA) is 199 Å². The Morgan fingerprint density at radius 2 is 1.84 bits per heavy atom. The van der Waals surface area contributed by atoms with Crippen LogP contribution in [0.5, 0.6) is 0 Å². The van der Waals surface area contributed by atoms with Crippen LogP contribution in [-0.4, -0.2) is 63.3 Å². The average molecular weight is 531 g/mol. The molecule has 14 heteroatoms. The van der Waals surface area contributed by atoms with Gasteiger partial charge in [0.15, 0.2) is 0 Å². The van der Waals surface area contributed by atoms with Crippen molar-refractivity contribution in [1.29, 1.82) is 0 Å². The van der Waals surface area contributed by atoms with Gasteiger partial charge in [0.05, 0.1) is 6.20 Å². The minimum Gasteiger partial charge on any atom is -0.354 e. The highest BCUT2D eigenvalue weighted by molar-refractivity contribution is 6.36. The molecular weight excluding hydrogens is 496 g/mol. The number of hydrogen-bond donors (Lipinski definition) is 5. The van der Waals surface area contributed by atoms with Gasteiger partial charge in [-0.3, -0.25) is 28.8 Å². The molecule has 0 spiro atoms. The fourth-order valence-corrected chi connectivity index (χ4v) is 3.53. The molecule has 2 heterocycles. The summed E-state index contributed by atoms with van der Waals surface area (Å²) in [5.74, 6) is 2.43. The summed E-state index contributed by atoms with van der Waals surface area (Å²) in [6.45, 7) is 4.32. The van der Waals surface area contributed by atoms with Crippen LogP contribution in [0.3, 0.4) is 0 Å². The van der Waals surface area contributed by atoms with Crippen LogP contribution >= 0.6 is 0 Å². The lowest BCUT2D eigenvalue weighted by Gasteiger charge is -2.18. The molecule has 0 aromatic carbocycles. The number of pyridine rings is 1. The van der Waals surface area contributed by atoms with Crippen molar-refractivity contribution in [3.05, 3.63) is 46.9 Å².